The standard InChI is InChI=1S/C23H33F2N2O5P/c1-7-9-14-23(24,25)17-12-10-16(11-13-17)20-26-19(32-27-20)15-18(33(6,29)30-8-2)21(28)31-22(3,4)5/h10-13,18H,7-9,14-15H2,1-6H3. The molecule has 0 spiro atoms. The molecule has 10 heteroatoms. The molecular weight excluding hydrogens is 453 g/mol. The number of nitrogens with zero attached hydrogens (tertiary/aromatic N) is 2. The predicted octanol–water partition coefficient (Wildman–Crippen LogP) is 6.22. The SMILES string of the molecule is CCCCC(F)(F)c1ccc(-c2noc(CC(C(=O)OC(C)(C)C)P(C)(=O)OCC)n2)cc1. The summed E-state index contributed by atoms with van der Waals surface area (Å²) in [4.78, 5) is 17.0. The van der Waals surface area contributed by atoms with E-state index in [1.807, 2.05) is 6.92 Å². The molecule has 0 saturated heterocycles. The highest BCUT2D eigenvalue weighted by Crippen LogP contribution is 2.50. The molecule has 2 aromatic rings. The van der Waals surface area contributed by atoms with Crippen LogP contribution < -0.4 is 0 Å². The number of aromatic nitrogens is 2. The molecule has 2 unspecified atom stereocenters. The zero-order valence-corrected chi connectivity index (χ0v) is 21.0. The highest BCUT2D eigenvalue weighted by atomic mass is 31.2. The summed E-state index contributed by atoms with van der Waals surface area (Å²) in [6, 6.07) is 5.69. The van der Waals surface area contributed by atoms with E-state index in [1.165, 1.54) is 30.9 Å². The number of rotatable bonds is 11. The van der Waals surface area contributed by atoms with Crippen LogP contribution in [0.15, 0.2) is 28.8 Å². The summed E-state index contributed by atoms with van der Waals surface area (Å²) in [5, 5.41) is 3.89. The molecule has 1 heterocycles. The third kappa shape index (κ3) is 7.71. The Hall–Kier alpha value is -2.12. The van der Waals surface area contributed by atoms with Crippen LogP contribution in [0.3, 0.4) is 0 Å². The highest BCUT2D eigenvalue weighted by Gasteiger charge is 2.40. The number of benzene rings is 1. The number of carbonyl (C=O) groups excluding carboxylic acids is 1. The van der Waals surface area contributed by atoms with Crippen LogP contribution >= 0.6 is 7.37 Å². The molecule has 1 aromatic heterocycles. The summed E-state index contributed by atoms with van der Waals surface area (Å²) >= 11 is 0. The molecule has 0 aliphatic rings. The quantitative estimate of drug-likeness (QED) is 0.275. The first kappa shape index (κ1) is 27.1. The summed E-state index contributed by atoms with van der Waals surface area (Å²) in [5.41, 5.74) is -1.48. The Balaban J connectivity index is 2.23. The molecule has 2 atom stereocenters. The van der Waals surface area contributed by atoms with Crippen LogP contribution in [0, 0.1) is 0 Å². The second-order valence-corrected chi connectivity index (χ2v) is 11.7. The van der Waals surface area contributed by atoms with Crippen molar-refractivity contribution in [2.45, 2.75) is 77.5 Å². The molecule has 2 rings (SSSR count). The summed E-state index contributed by atoms with van der Waals surface area (Å²) in [6.07, 6.45) is 0.781. The van der Waals surface area contributed by atoms with E-state index in [0.29, 0.717) is 18.4 Å². The van der Waals surface area contributed by atoms with Gasteiger partial charge in [-0.2, -0.15) is 4.98 Å². The first-order valence-electron chi connectivity index (χ1n) is 11.0. The molecular formula is C23H33F2N2O5P. The zero-order valence-electron chi connectivity index (χ0n) is 20.1. The van der Waals surface area contributed by atoms with E-state index < -0.39 is 30.5 Å². The molecule has 0 aliphatic carbocycles. The number of esters is 1. The lowest BCUT2D eigenvalue weighted by Crippen LogP contribution is -2.33. The van der Waals surface area contributed by atoms with E-state index in [4.69, 9.17) is 13.8 Å². The van der Waals surface area contributed by atoms with Crippen molar-refractivity contribution in [1.82, 2.24) is 10.1 Å². The first-order valence-corrected chi connectivity index (χ1v) is 13.2. The fourth-order valence-corrected chi connectivity index (χ4v) is 4.80. The van der Waals surface area contributed by atoms with Gasteiger partial charge in [0.15, 0.2) is 0 Å². The Morgan fingerprint density at radius 1 is 1.18 bits per heavy atom. The maximum atomic E-state index is 14.3. The van der Waals surface area contributed by atoms with Crippen LogP contribution in [-0.2, 0) is 31.0 Å². The van der Waals surface area contributed by atoms with E-state index in [1.54, 1.807) is 27.7 Å². The van der Waals surface area contributed by atoms with E-state index in [2.05, 4.69) is 10.1 Å². The molecule has 0 bridgehead atoms. The predicted molar refractivity (Wildman–Crippen MR) is 122 cm³/mol. The number of alkyl halides is 2. The van der Waals surface area contributed by atoms with E-state index in [-0.39, 0.29) is 36.7 Å². The minimum atomic E-state index is -3.39. The third-order valence-corrected chi connectivity index (χ3v) is 7.17. The number of hydrogen-bond acceptors (Lipinski definition) is 7. The van der Waals surface area contributed by atoms with Crippen LogP contribution in [0.4, 0.5) is 8.78 Å². The number of carbonyl (C=O) groups is 1. The van der Waals surface area contributed by atoms with Crippen molar-refractivity contribution in [3.05, 3.63) is 35.7 Å². The normalized spacial score (nSPS) is 15.2. The molecule has 0 aliphatic heterocycles. The zero-order chi connectivity index (χ0) is 24.9. The van der Waals surface area contributed by atoms with Crippen molar-refractivity contribution in [3.63, 3.8) is 0 Å². The van der Waals surface area contributed by atoms with Crippen molar-refractivity contribution in [1.29, 1.82) is 0 Å². The van der Waals surface area contributed by atoms with Gasteiger partial charge in [-0.3, -0.25) is 9.36 Å². The van der Waals surface area contributed by atoms with Gasteiger partial charge in [-0.25, -0.2) is 8.78 Å². The maximum Gasteiger partial charge on any atom is 0.319 e. The van der Waals surface area contributed by atoms with Gasteiger partial charge in [-0.05, 0) is 34.1 Å². The maximum absolute atomic E-state index is 14.3. The van der Waals surface area contributed by atoms with Crippen LogP contribution in [-0.4, -0.2) is 40.6 Å². The average molecular weight is 486 g/mol. The lowest BCUT2D eigenvalue weighted by molar-refractivity contribution is -0.154. The van der Waals surface area contributed by atoms with Crippen LogP contribution in [0.1, 0.15) is 65.3 Å². The lowest BCUT2D eigenvalue weighted by atomic mass is 10.0. The Morgan fingerprint density at radius 2 is 1.82 bits per heavy atom. The number of ether oxygens (including phenoxy) is 1. The minimum absolute atomic E-state index is 0.0694. The number of halogens is 2. The van der Waals surface area contributed by atoms with Crippen molar-refractivity contribution in [3.8, 4) is 11.4 Å². The number of unbranched alkanes of at least 4 members (excludes halogenated alkanes) is 1. The Labute approximate surface area is 193 Å². The summed E-state index contributed by atoms with van der Waals surface area (Å²) < 4.78 is 57.6. The van der Waals surface area contributed by atoms with Gasteiger partial charge in [0.25, 0.3) is 5.92 Å². The summed E-state index contributed by atoms with van der Waals surface area (Å²) in [6.45, 7) is 10.2. The van der Waals surface area contributed by atoms with E-state index in [0.717, 1.165) is 0 Å². The van der Waals surface area contributed by atoms with Gasteiger partial charge in [-0.1, -0.05) is 42.8 Å². The van der Waals surface area contributed by atoms with E-state index >= 15 is 0 Å². The minimum Gasteiger partial charge on any atom is -0.459 e. The molecule has 33 heavy (non-hydrogen) atoms. The topological polar surface area (TPSA) is 91.5 Å². The monoisotopic (exact) mass is 486 g/mol. The molecule has 184 valence electrons. The van der Waals surface area contributed by atoms with Gasteiger partial charge in [0.1, 0.15) is 11.3 Å². The lowest BCUT2D eigenvalue weighted by Gasteiger charge is -2.26. The molecule has 1 aromatic carbocycles. The third-order valence-electron chi connectivity index (χ3n) is 4.88. The van der Waals surface area contributed by atoms with E-state index in [9.17, 15) is 18.1 Å². The number of hydrogen-bond donors (Lipinski definition) is 0. The second-order valence-electron chi connectivity index (χ2n) is 8.98. The molecule has 0 N–H and O–H groups in total. The van der Waals surface area contributed by atoms with Crippen molar-refractivity contribution in [2.75, 3.05) is 13.3 Å². The summed E-state index contributed by atoms with van der Waals surface area (Å²) in [5.74, 6) is -3.34. The molecule has 0 fully saturated rings. The first-order chi connectivity index (χ1) is 15.3. The fraction of sp³-hybridized carbons (Fsp3) is 0.609. The van der Waals surface area contributed by atoms with Gasteiger partial charge >= 0.3 is 5.97 Å². The molecule has 0 radical (unpaired) electrons. The van der Waals surface area contributed by atoms with Gasteiger partial charge < -0.3 is 13.8 Å². The van der Waals surface area contributed by atoms with Gasteiger partial charge in [0.05, 0.1) is 6.61 Å². The molecule has 0 amide bonds. The summed E-state index contributed by atoms with van der Waals surface area (Å²) in [7, 11) is -3.39. The van der Waals surface area contributed by atoms with Gasteiger partial charge in [0.2, 0.25) is 19.1 Å². The molecule has 7 nitrogen and oxygen atoms in total. The average Bonchev–Trinajstić information content (AvgIpc) is 3.18. The van der Waals surface area contributed by atoms with Crippen molar-refractivity contribution >= 4 is 13.3 Å². The Kier molecular flexibility index (Phi) is 8.94. The van der Waals surface area contributed by atoms with Crippen LogP contribution in [0.5, 0.6) is 0 Å². The van der Waals surface area contributed by atoms with Gasteiger partial charge in [-0.15, -0.1) is 0 Å². The van der Waals surface area contributed by atoms with Crippen molar-refractivity contribution < 1.29 is 31.9 Å². The van der Waals surface area contributed by atoms with Crippen LogP contribution in [0.25, 0.3) is 11.4 Å². The second kappa shape index (κ2) is 10.9. The molecule has 0 saturated carbocycles. The van der Waals surface area contributed by atoms with Crippen LogP contribution in [0.2, 0.25) is 0 Å². The highest BCUT2D eigenvalue weighted by molar-refractivity contribution is 7.60. The smallest absolute Gasteiger partial charge is 0.319 e. The Morgan fingerprint density at radius 3 is 2.36 bits per heavy atom. The largest absolute Gasteiger partial charge is 0.459 e. The fourth-order valence-electron chi connectivity index (χ4n) is 3.18. The van der Waals surface area contributed by atoms with Gasteiger partial charge in [0, 0.05) is 30.6 Å². The van der Waals surface area contributed by atoms with Crippen molar-refractivity contribution in [2.24, 2.45) is 0 Å². The Bertz CT molecular complexity index is 970.